The van der Waals surface area contributed by atoms with Crippen molar-refractivity contribution in [3.8, 4) is 0 Å². The van der Waals surface area contributed by atoms with Gasteiger partial charge in [-0.2, -0.15) is 0 Å². The van der Waals surface area contributed by atoms with E-state index in [2.05, 4.69) is 4.74 Å². The molecule has 0 aliphatic carbocycles. The second-order valence-electron chi connectivity index (χ2n) is 2.13. The maximum Gasteiger partial charge on any atom is 0.184 e. The molecule has 6 nitrogen and oxygen atoms in total. The molecular weight excluding hydrogens is 168 g/mol. The highest BCUT2D eigenvalue weighted by molar-refractivity contribution is 5.56. The van der Waals surface area contributed by atoms with E-state index < -0.39 is 31.7 Å². The smallest absolute Gasteiger partial charge is 0.184 e. The van der Waals surface area contributed by atoms with E-state index in [9.17, 15) is 4.79 Å². The van der Waals surface area contributed by atoms with Crippen LogP contribution < -0.4 is 0 Å². The lowest BCUT2D eigenvalue weighted by molar-refractivity contribution is -0.197. The first-order valence-electron chi connectivity index (χ1n) is 3.34. The van der Waals surface area contributed by atoms with Crippen molar-refractivity contribution in [2.24, 2.45) is 0 Å². The number of ether oxygens (including phenoxy) is 1. The van der Waals surface area contributed by atoms with Crippen LogP contribution in [0.2, 0.25) is 0 Å². The van der Waals surface area contributed by atoms with Gasteiger partial charge in [-0.15, -0.1) is 0 Å². The minimum Gasteiger partial charge on any atom is -0.393 e. The third-order valence-electron chi connectivity index (χ3n) is 1.16. The Kier molecular flexibility index (Phi) is 5.77. The molecule has 0 bridgehead atoms. The highest BCUT2D eigenvalue weighted by atomic mass is 16.6. The molecule has 0 saturated heterocycles. The zero-order chi connectivity index (χ0) is 9.56. The summed E-state index contributed by atoms with van der Waals surface area (Å²) in [5.41, 5.74) is 0. The summed E-state index contributed by atoms with van der Waals surface area (Å²) in [6.07, 6.45) is -4.04. The van der Waals surface area contributed by atoms with Crippen molar-refractivity contribution in [2.45, 2.75) is 18.5 Å². The molecule has 72 valence electrons. The second kappa shape index (κ2) is 6.04. The lowest BCUT2D eigenvalue weighted by atomic mass is 10.3. The minimum absolute atomic E-state index is 0.285. The molecule has 0 aliphatic heterocycles. The second-order valence-corrected chi connectivity index (χ2v) is 2.13. The fourth-order valence-electron chi connectivity index (χ4n) is 0.478. The number of aldehydes is 1. The van der Waals surface area contributed by atoms with Gasteiger partial charge >= 0.3 is 0 Å². The molecule has 0 rings (SSSR count). The molecule has 0 aliphatic rings. The lowest BCUT2D eigenvalue weighted by Gasteiger charge is -2.18. The lowest BCUT2D eigenvalue weighted by Crippen LogP contribution is -2.36. The Balaban J connectivity index is 3.79. The highest BCUT2D eigenvalue weighted by Crippen LogP contribution is 1.98. The molecule has 0 radical (unpaired) electrons. The Morgan fingerprint density at radius 1 is 1.25 bits per heavy atom. The van der Waals surface area contributed by atoms with Crippen LogP contribution in [0.4, 0.5) is 0 Å². The largest absolute Gasteiger partial charge is 0.393 e. The van der Waals surface area contributed by atoms with Gasteiger partial charge in [-0.3, -0.25) is 0 Å². The summed E-state index contributed by atoms with van der Waals surface area (Å²) in [6.45, 7) is -1.27. The van der Waals surface area contributed by atoms with Crippen LogP contribution in [-0.4, -0.2) is 58.4 Å². The maximum atomic E-state index is 10.0. The fraction of sp³-hybridized carbons (Fsp3) is 0.833. The Hall–Kier alpha value is -0.530. The Labute approximate surface area is 69.0 Å². The summed E-state index contributed by atoms with van der Waals surface area (Å²) in [7, 11) is 0. The van der Waals surface area contributed by atoms with Crippen molar-refractivity contribution in [3.63, 3.8) is 0 Å². The molecule has 12 heavy (non-hydrogen) atoms. The van der Waals surface area contributed by atoms with E-state index in [1.165, 1.54) is 0 Å². The third kappa shape index (κ3) is 3.74. The molecule has 6 heteroatoms. The Morgan fingerprint density at radius 3 is 2.17 bits per heavy atom. The van der Waals surface area contributed by atoms with E-state index in [0.717, 1.165) is 0 Å². The van der Waals surface area contributed by atoms with Crippen LogP contribution in [0.15, 0.2) is 0 Å². The zero-order valence-corrected chi connectivity index (χ0v) is 6.33. The molecule has 3 unspecified atom stereocenters. The molecule has 3 atom stereocenters. The van der Waals surface area contributed by atoms with Gasteiger partial charge in [0.2, 0.25) is 0 Å². The average Bonchev–Trinajstić information content (AvgIpc) is 2.12. The summed E-state index contributed by atoms with van der Waals surface area (Å²) >= 11 is 0. The van der Waals surface area contributed by atoms with E-state index in [0.29, 0.717) is 0 Å². The third-order valence-corrected chi connectivity index (χ3v) is 1.16. The highest BCUT2D eigenvalue weighted by Gasteiger charge is 2.19. The van der Waals surface area contributed by atoms with Crippen LogP contribution in [0.25, 0.3) is 0 Å². The van der Waals surface area contributed by atoms with Crippen LogP contribution in [0, 0.1) is 0 Å². The number of carbonyl (C=O) groups excluding carboxylic acids is 1. The summed E-state index contributed by atoms with van der Waals surface area (Å²) in [5.74, 6) is 0. The molecular formula is C6H12O6. The molecule has 0 fully saturated rings. The molecule has 0 aromatic rings. The number of hydrogen-bond donors (Lipinski definition) is 4. The summed E-state index contributed by atoms with van der Waals surface area (Å²) < 4.78 is 4.43. The molecule has 0 aromatic heterocycles. The van der Waals surface area contributed by atoms with Gasteiger partial charge in [-0.1, -0.05) is 0 Å². The molecule has 4 N–H and O–H groups in total. The number of aliphatic hydroxyl groups excluding tert-OH is 4. The van der Waals surface area contributed by atoms with Crippen LogP contribution >= 0.6 is 0 Å². The standard InChI is InChI=1S/C6H12O6/c7-1-4(2-8)12-6(11)5(10)3-9/h1,4-6,8-11H,2-3H2. The molecule has 0 saturated carbocycles. The van der Waals surface area contributed by atoms with E-state index in [1.54, 1.807) is 0 Å². The van der Waals surface area contributed by atoms with Crippen molar-refractivity contribution in [2.75, 3.05) is 13.2 Å². The Morgan fingerprint density at radius 2 is 1.83 bits per heavy atom. The average molecular weight is 180 g/mol. The molecule has 0 amide bonds. The SMILES string of the molecule is O=CC(CO)OC(O)C(O)CO. The van der Waals surface area contributed by atoms with Gasteiger partial charge in [0, 0.05) is 0 Å². The zero-order valence-electron chi connectivity index (χ0n) is 6.33. The monoisotopic (exact) mass is 180 g/mol. The maximum absolute atomic E-state index is 10.0. The number of hydrogen-bond acceptors (Lipinski definition) is 6. The van der Waals surface area contributed by atoms with E-state index in [1.807, 2.05) is 0 Å². The van der Waals surface area contributed by atoms with Crippen LogP contribution in [0.5, 0.6) is 0 Å². The van der Waals surface area contributed by atoms with Crippen molar-refractivity contribution >= 4 is 6.29 Å². The quantitative estimate of drug-likeness (QED) is 0.260. The summed E-state index contributed by atoms with van der Waals surface area (Å²) in [5, 5.41) is 34.3. The van der Waals surface area contributed by atoms with Crippen molar-refractivity contribution in [1.82, 2.24) is 0 Å². The van der Waals surface area contributed by atoms with Gasteiger partial charge in [0.25, 0.3) is 0 Å². The van der Waals surface area contributed by atoms with Gasteiger partial charge in [0.1, 0.15) is 12.2 Å². The number of carbonyl (C=O) groups is 1. The predicted molar refractivity (Wildman–Crippen MR) is 37.1 cm³/mol. The number of rotatable bonds is 6. The van der Waals surface area contributed by atoms with Crippen LogP contribution in [0.3, 0.4) is 0 Å². The molecule has 0 spiro atoms. The van der Waals surface area contributed by atoms with Crippen molar-refractivity contribution in [1.29, 1.82) is 0 Å². The molecule has 0 heterocycles. The van der Waals surface area contributed by atoms with Crippen molar-refractivity contribution in [3.05, 3.63) is 0 Å². The first-order chi connectivity index (χ1) is 5.65. The first kappa shape index (κ1) is 11.5. The normalized spacial score (nSPS) is 18.3. The van der Waals surface area contributed by atoms with Crippen LogP contribution in [0.1, 0.15) is 0 Å². The van der Waals surface area contributed by atoms with Crippen molar-refractivity contribution < 1.29 is 30.0 Å². The molecule has 0 aromatic carbocycles. The van der Waals surface area contributed by atoms with Gasteiger partial charge in [0.05, 0.1) is 13.2 Å². The topological polar surface area (TPSA) is 107 Å². The van der Waals surface area contributed by atoms with Crippen LogP contribution in [-0.2, 0) is 9.53 Å². The predicted octanol–water partition coefficient (Wildman–Crippen LogP) is -2.77. The van der Waals surface area contributed by atoms with E-state index in [-0.39, 0.29) is 6.29 Å². The minimum atomic E-state index is -1.67. The Bertz CT molecular complexity index is 127. The summed E-state index contributed by atoms with van der Waals surface area (Å²) in [4.78, 5) is 10.0. The van der Waals surface area contributed by atoms with E-state index in [4.69, 9.17) is 20.4 Å². The van der Waals surface area contributed by atoms with E-state index >= 15 is 0 Å². The van der Waals surface area contributed by atoms with Gasteiger partial charge in [-0.25, -0.2) is 0 Å². The first-order valence-corrected chi connectivity index (χ1v) is 3.34. The number of aliphatic hydroxyl groups is 4. The van der Waals surface area contributed by atoms with Gasteiger partial charge in [0.15, 0.2) is 12.6 Å². The fourth-order valence-corrected chi connectivity index (χ4v) is 0.478. The van der Waals surface area contributed by atoms with Gasteiger partial charge in [-0.05, 0) is 0 Å². The van der Waals surface area contributed by atoms with Gasteiger partial charge < -0.3 is 30.0 Å². The summed E-state index contributed by atoms with van der Waals surface area (Å²) in [6, 6.07) is 0.